The van der Waals surface area contributed by atoms with Gasteiger partial charge in [0.15, 0.2) is 0 Å². The molecule has 0 aromatic heterocycles. The van der Waals surface area contributed by atoms with Crippen LogP contribution < -0.4 is 11.6 Å². The molecule has 0 saturated heterocycles. The minimum atomic E-state index is -4.13. The van der Waals surface area contributed by atoms with Gasteiger partial charge in [-0.3, -0.25) is 0 Å². The number of phenols is 1. The summed E-state index contributed by atoms with van der Waals surface area (Å²) in [5.41, 5.74) is 4.72. The zero-order valence-corrected chi connectivity index (χ0v) is 8.31. The van der Waals surface area contributed by atoms with Crippen molar-refractivity contribution in [3.05, 3.63) is 24.3 Å². The molecule has 0 aliphatic rings. The first-order valence-electron chi connectivity index (χ1n) is 3.74. The number of benzene rings is 1. The molecule has 0 radical (unpaired) electrons. The third kappa shape index (κ3) is 2.17. The fraction of sp³-hybridized carbons (Fsp3) is 0. The lowest BCUT2D eigenvalue weighted by Gasteiger charge is -2.13. The Bertz CT molecular complexity index is 468. The van der Waals surface area contributed by atoms with E-state index in [1.54, 1.807) is 0 Å². The van der Waals surface area contributed by atoms with Crippen LogP contribution in [0.5, 0.6) is 5.75 Å². The molecule has 0 spiro atoms. The molecule has 0 saturated carbocycles. The fourth-order valence-electron chi connectivity index (χ4n) is 0.850. The van der Waals surface area contributed by atoms with Gasteiger partial charge in [0.2, 0.25) is 0 Å². The maximum Gasteiger partial charge on any atom is 0.343 e. The van der Waals surface area contributed by atoms with Crippen molar-refractivity contribution >= 4 is 16.1 Å². The van der Waals surface area contributed by atoms with Crippen LogP contribution in [0.15, 0.2) is 29.2 Å². The average molecular weight is 231 g/mol. The molecule has 0 fully saturated rings. The van der Waals surface area contributed by atoms with Crippen molar-refractivity contribution in [2.45, 2.75) is 4.90 Å². The number of primary amides is 1. The van der Waals surface area contributed by atoms with Gasteiger partial charge in [0.1, 0.15) is 5.75 Å². The van der Waals surface area contributed by atoms with Crippen LogP contribution in [0.1, 0.15) is 0 Å². The summed E-state index contributed by atoms with van der Waals surface area (Å²) in [5.74, 6) is 4.87. The van der Waals surface area contributed by atoms with Crippen molar-refractivity contribution in [3.8, 4) is 5.75 Å². The van der Waals surface area contributed by atoms with Gasteiger partial charge in [-0.15, -0.1) is 4.41 Å². The van der Waals surface area contributed by atoms with E-state index in [0.29, 0.717) is 0 Å². The number of hydrogen-bond acceptors (Lipinski definition) is 5. The van der Waals surface area contributed by atoms with Gasteiger partial charge in [-0.1, -0.05) is 0 Å². The van der Waals surface area contributed by atoms with Gasteiger partial charge in [-0.05, 0) is 24.3 Å². The first-order valence-corrected chi connectivity index (χ1v) is 5.18. The molecule has 1 rings (SSSR count). The second-order valence-corrected chi connectivity index (χ2v) is 4.45. The van der Waals surface area contributed by atoms with E-state index < -0.39 is 16.1 Å². The van der Waals surface area contributed by atoms with Crippen molar-refractivity contribution in [1.29, 1.82) is 0 Å². The second kappa shape index (κ2) is 3.75. The number of rotatable bonds is 2. The number of urea groups is 1. The SMILES string of the molecule is NC(=O)N(N)S(=O)(=O)c1ccc(O)cc1. The topological polar surface area (TPSA) is 127 Å². The van der Waals surface area contributed by atoms with Gasteiger partial charge in [-0.25, -0.2) is 10.6 Å². The number of carbonyl (C=O) groups excluding carboxylic acids is 1. The third-order valence-corrected chi connectivity index (χ3v) is 3.18. The Kier molecular flexibility index (Phi) is 2.82. The summed E-state index contributed by atoms with van der Waals surface area (Å²) in [5, 5.41) is 8.94. The summed E-state index contributed by atoms with van der Waals surface area (Å²) in [7, 11) is -4.13. The van der Waals surface area contributed by atoms with E-state index in [2.05, 4.69) is 0 Å². The van der Waals surface area contributed by atoms with Gasteiger partial charge in [0, 0.05) is 0 Å². The second-order valence-electron chi connectivity index (χ2n) is 2.63. The first kappa shape index (κ1) is 11.3. The van der Waals surface area contributed by atoms with Crippen LogP contribution in [0.25, 0.3) is 0 Å². The molecule has 15 heavy (non-hydrogen) atoms. The number of hydrazine groups is 1. The van der Waals surface area contributed by atoms with Crippen LogP contribution in [-0.2, 0) is 10.0 Å². The quantitative estimate of drug-likeness (QED) is 0.353. The molecule has 0 aliphatic carbocycles. The van der Waals surface area contributed by atoms with E-state index in [1.165, 1.54) is 0 Å². The number of phenolic OH excluding ortho intramolecular Hbond substituents is 1. The van der Waals surface area contributed by atoms with E-state index in [1.807, 2.05) is 0 Å². The van der Waals surface area contributed by atoms with Crippen molar-refractivity contribution in [2.24, 2.45) is 11.6 Å². The smallest absolute Gasteiger partial charge is 0.343 e. The Hall–Kier alpha value is -1.80. The van der Waals surface area contributed by atoms with Gasteiger partial charge >= 0.3 is 6.03 Å². The van der Waals surface area contributed by atoms with Gasteiger partial charge in [0.05, 0.1) is 4.90 Å². The van der Waals surface area contributed by atoms with Crippen molar-refractivity contribution in [2.75, 3.05) is 0 Å². The Morgan fingerprint density at radius 3 is 2.13 bits per heavy atom. The monoisotopic (exact) mass is 231 g/mol. The zero-order chi connectivity index (χ0) is 11.6. The Balaban J connectivity index is 3.17. The number of aromatic hydroxyl groups is 1. The standard InChI is InChI=1S/C7H9N3O4S/c8-7(12)10(9)15(13,14)6-3-1-5(11)2-4-6/h1-4,11H,9H2,(H2,8,12). The number of sulfonamides is 1. The number of carbonyl (C=O) groups is 1. The number of hydrogen-bond donors (Lipinski definition) is 3. The molecular weight excluding hydrogens is 222 g/mol. The first-order chi connectivity index (χ1) is 6.85. The fourth-order valence-corrected chi connectivity index (χ4v) is 1.79. The Labute approximate surface area is 85.9 Å². The molecular formula is C7H9N3O4S. The van der Waals surface area contributed by atoms with Gasteiger partial charge < -0.3 is 10.8 Å². The van der Waals surface area contributed by atoms with Gasteiger partial charge in [-0.2, -0.15) is 8.42 Å². The van der Waals surface area contributed by atoms with Crippen LogP contribution in [-0.4, -0.2) is 24.0 Å². The molecule has 1 aromatic rings. The van der Waals surface area contributed by atoms with Crippen LogP contribution in [0, 0.1) is 0 Å². The predicted molar refractivity (Wildman–Crippen MR) is 50.9 cm³/mol. The lowest BCUT2D eigenvalue weighted by Crippen LogP contribution is -2.45. The molecule has 2 amide bonds. The maximum atomic E-state index is 11.5. The summed E-state index contributed by atoms with van der Waals surface area (Å²) < 4.78 is 22.9. The Morgan fingerprint density at radius 1 is 1.27 bits per heavy atom. The lowest BCUT2D eigenvalue weighted by molar-refractivity contribution is 0.232. The predicted octanol–water partition coefficient (Wildman–Crippen LogP) is -0.665. The van der Waals surface area contributed by atoms with E-state index in [4.69, 9.17) is 16.7 Å². The lowest BCUT2D eigenvalue weighted by atomic mass is 10.3. The van der Waals surface area contributed by atoms with Crippen molar-refractivity contribution in [3.63, 3.8) is 0 Å². The highest BCUT2D eigenvalue weighted by atomic mass is 32.2. The molecule has 0 heterocycles. The van der Waals surface area contributed by atoms with E-state index in [9.17, 15) is 13.2 Å². The zero-order valence-electron chi connectivity index (χ0n) is 7.49. The highest BCUT2D eigenvalue weighted by Crippen LogP contribution is 2.16. The highest BCUT2D eigenvalue weighted by Gasteiger charge is 2.24. The van der Waals surface area contributed by atoms with Crippen molar-refractivity contribution < 1.29 is 18.3 Å². The van der Waals surface area contributed by atoms with Gasteiger partial charge in [0.25, 0.3) is 10.0 Å². The highest BCUT2D eigenvalue weighted by molar-refractivity contribution is 7.89. The summed E-state index contributed by atoms with van der Waals surface area (Å²) in [6.07, 6.45) is 0. The number of nitrogens with zero attached hydrogens (tertiary/aromatic N) is 1. The minimum absolute atomic E-state index is 0.0701. The number of amides is 2. The molecule has 5 N–H and O–H groups in total. The molecule has 1 aromatic carbocycles. The summed E-state index contributed by atoms with van der Waals surface area (Å²) in [6, 6.07) is 3.23. The number of nitrogens with two attached hydrogens (primary N) is 2. The molecule has 0 unspecified atom stereocenters. The van der Waals surface area contributed by atoms with Crippen LogP contribution in [0.4, 0.5) is 4.79 Å². The van der Waals surface area contributed by atoms with Crippen LogP contribution in [0.2, 0.25) is 0 Å². The van der Waals surface area contributed by atoms with Crippen LogP contribution in [0.3, 0.4) is 0 Å². The average Bonchev–Trinajstić information content (AvgIpc) is 2.17. The largest absolute Gasteiger partial charge is 0.508 e. The summed E-state index contributed by atoms with van der Waals surface area (Å²) >= 11 is 0. The van der Waals surface area contributed by atoms with E-state index in [-0.39, 0.29) is 15.1 Å². The summed E-state index contributed by atoms with van der Waals surface area (Å²) in [4.78, 5) is 10.3. The maximum absolute atomic E-state index is 11.5. The molecule has 0 bridgehead atoms. The van der Waals surface area contributed by atoms with E-state index in [0.717, 1.165) is 24.3 Å². The van der Waals surface area contributed by atoms with Crippen molar-refractivity contribution in [1.82, 2.24) is 4.41 Å². The van der Waals surface area contributed by atoms with Crippen LogP contribution >= 0.6 is 0 Å². The van der Waals surface area contributed by atoms with E-state index >= 15 is 0 Å². The molecule has 8 heteroatoms. The molecule has 0 atom stereocenters. The minimum Gasteiger partial charge on any atom is -0.508 e. The normalized spacial score (nSPS) is 11.0. The summed E-state index contributed by atoms with van der Waals surface area (Å²) in [6.45, 7) is 0. The molecule has 82 valence electrons. The third-order valence-electron chi connectivity index (χ3n) is 1.61. The Morgan fingerprint density at radius 2 is 1.73 bits per heavy atom. The molecule has 7 nitrogen and oxygen atoms in total. The molecule has 0 aliphatic heterocycles.